The Labute approximate surface area is 126 Å². The van der Waals surface area contributed by atoms with Gasteiger partial charge in [-0.1, -0.05) is 37.7 Å². The number of benzene rings is 1. The fourth-order valence-electron chi connectivity index (χ4n) is 2.64. The molecule has 1 aliphatic rings. The van der Waals surface area contributed by atoms with E-state index in [9.17, 15) is 8.42 Å². The maximum atomic E-state index is 12.5. The van der Waals surface area contributed by atoms with E-state index in [1.54, 1.807) is 24.3 Å². The summed E-state index contributed by atoms with van der Waals surface area (Å²) in [6, 6.07) is 6.51. The molecule has 2 atom stereocenters. The van der Waals surface area contributed by atoms with Crippen molar-refractivity contribution < 1.29 is 13.5 Å². The zero-order valence-electron chi connectivity index (χ0n) is 12.2. The van der Waals surface area contributed by atoms with Crippen LogP contribution in [0.2, 0.25) is 0 Å². The molecule has 0 radical (unpaired) electrons. The third-order valence-electron chi connectivity index (χ3n) is 3.87. The van der Waals surface area contributed by atoms with Gasteiger partial charge in [-0.15, -0.1) is 0 Å². The first-order chi connectivity index (χ1) is 10.0. The smallest absolute Gasteiger partial charge is 0.240 e. The Balaban J connectivity index is 2.19. The molecule has 1 fully saturated rings. The molecule has 0 heterocycles. The summed E-state index contributed by atoms with van der Waals surface area (Å²) in [6.07, 6.45) is 4.20. The standard InChI is InChI=1S/C16H21NO3S/c1-13-6-2-3-10-16(13)17-21(19,20)15-9-4-7-14(12-15)8-5-11-18/h4,7,9,12-13,16-18H,2-3,6,10-11H2,1H3. The van der Waals surface area contributed by atoms with Gasteiger partial charge in [-0.05, 0) is 37.0 Å². The van der Waals surface area contributed by atoms with Crippen molar-refractivity contribution in [3.05, 3.63) is 29.8 Å². The summed E-state index contributed by atoms with van der Waals surface area (Å²) in [5.74, 6) is 5.62. The van der Waals surface area contributed by atoms with Crippen LogP contribution in [0.5, 0.6) is 0 Å². The first-order valence-corrected chi connectivity index (χ1v) is 8.73. The van der Waals surface area contributed by atoms with Crippen LogP contribution in [0.1, 0.15) is 38.2 Å². The molecular weight excluding hydrogens is 286 g/mol. The Morgan fingerprint density at radius 2 is 2.10 bits per heavy atom. The quantitative estimate of drug-likeness (QED) is 0.838. The van der Waals surface area contributed by atoms with Gasteiger partial charge in [0, 0.05) is 11.6 Å². The van der Waals surface area contributed by atoms with Crippen LogP contribution >= 0.6 is 0 Å². The average Bonchev–Trinajstić information content (AvgIpc) is 2.48. The van der Waals surface area contributed by atoms with E-state index >= 15 is 0 Å². The molecule has 0 aromatic heterocycles. The summed E-state index contributed by atoms with van der Waals surface area (Å²) < 4.78 is 27.7. The Bertz CT molecular complexity index is 643. The van der Waals surface area contributed by atoms with E-state index in [0.29, 0.717) is 11.5 Å². The monoisotopic (exact) mass is 307 g/mol. The van der Waals surface area contributed by atoms with E-state index in [0.717, 1.165) is 19.3 Å². The third kappa shape index (κ3) is 4.31. The van der Waals surface area contributed by atoms with Crippen molar-refractivity contribution in [3.8, 4) is 11.8 Å². The molecule has 2 N–H and O–H groups in total. The minimum Gasteiger partial charge on any atom is -0.384 e. The molecule has 0 aliphatic heterocycles. The van der Waals surface area contributed by atoms with Crippen LogP contribution in [0, 0.1) is 17.8 Å². The zero-order chi connectivity index (χ0) is 15.3. The predicted octanol–water partition coefficient (Wildman–Crippen LogP) is 1.89. The van der Waals surface area contributed by atoms with Crippen LogP contribution in [-0.2, 0) is 10.0 Å². The van der Waals surface area contributed by atoms with Crippen LogP contribution in [0.25, 0.3) is 0 Å². The molecule has 114 valence electrons. The number of hydrogen-bond donors (Lipinski definition) is 2. The van der Waals surface area contributed by atoms with Crippen LogP contribution in [0.4, 0.5) is 0 Å². The molecule has 1 saturated carbocycles. The first-order valence-electron chi connectivity index (χ1n) is 7.25. The number of hydrogen-bond acceptors (Lipinski definition) is 3. The number of sulfonamides is 1. The molecule has 2 unspecified atom stereocenters. The van der Waals surface area contributed by atoms with E-state index in [1.165, 1.54) is 6.42 Å². The molecule has 0 amide bonds. The second-order valence-electron chi connectivity index (χ2n) is 5.48. The van der Waals surface area contributed by atoms with Gasteiger partial charge in [-0.25, -0.2) is 13.1 Å². The minimum atomic E-state index is -3.52. The average molecular weight is 307 g/mol. The summed E-state index contributed by atoms with van der Waals surface area (Å²) in [5.41, 5.74) is 0.587. The Morgan fingerprint density at radius 1 is 1.33 bits per heavy atom. The highest BCUT2D eigenvalue weighted by Gasteiger charge is 2.26. The Morgan fingerprint density at radius 3 is 2.81 bits per heavy atom. The van der Waals surface area contributed by atoms with Crippen LogP contribution in [0.3, 0.4) is 0 Å². The molecule has 2 rings (SSSR count). The van der Waals surface area contributed by atoms with Gasteiger partial charge in [0.25, 0.3) is 0 Å². The lowest BCUT2D eigenvalue weighted by Gasteiger charge is -2.29. The molecule has 1 aliphatic carbocycles. The molecule has 0 spiro atoms. The van der Waals surface area contributed by atoms with Crippen molar-refractivity contribution in [2.75, 3.05) is 6.61 Å². The van der Waals surface area contributed by atoms with Crippen LogP contribution in [0.15, 0.2) is 29.2 Å². The molecule has 4 nitrogen and oxygen atoms in total. The van der Waals surface area contributed by atoms with Crippen LogP contribution < -0.4 is 4.72 Å². The Hall–Kier alpha value is -1.35. The third-order valence-corrected chi connectivity index (χ3v) is 5.36. The highest BCUT2D eigenvalue weighted by molar-refractivity contribution is 7.89. The topological polar surface area (TPSA) is 66.4 Å². The fraction of sp³-hybridized carbons (Fsp3) is 0.500. The molecule has 5 heteroatoms. The fourth-order valence-corrected chi connectivity index (χ4v) is 4.07. The van der Waals surface area contributed by atoms with E-state index < -0.39 is 10.0 Å². The van der Waals surface area contributed by atoms with Gasteiger partial charge in [0.1, 0.15) is 6.61 Å². The van der Waals surface area contributed by atoms with Gasteiger partial charge < -0.3 is 5.11 Å². The van der Waals surface area contributed by atoms with E-state index in [-0.39, 0.29) is 17.5 Å². The zero-order valence-corrected chi connectivity index (χ0v) is 13.0. The summed E-state index contributed by atoms with van der Waals surface area (Å²) in [7, 11) is -3.52. The summed E-state index contributed by atoms with van der Waals surface area (Å²) in [5, 5.41) is 8.70. The van der Waals surface area contributed by atoms with Crippen molar-refractivity contribution in [1.29, 1.82) is 0 Å². The molecule has 21 heavy (non-hydrogen) atoms. The highest BCUT2D eigenvalue weighted by atomic mass is 32.2. The van der Waals surface area contributed by atoms with E-state index in [4.69, 9.17) is 5.11 Å². The van der Waals surface area contributed by atoms with Gasteiger partial charge in [0.05, 0.1) is 4.90 Å². The van der Waals surface area contributed by atoms with Crippen molar-refractivity contribution in [1.82, 2.24) is 4.72 Å². The van der Waals surface area contributed by atoms with Crippen molar-refractivity contribution in [3.63, 3.8) is 0 Å². The van der Waals surface area contributed by atoms with Gasteiger partial charge in [-0.2, -0.15) is 0 Å². The number of aliphatic hydroxyl groups is 1. The SMILES string of the molecule is CC1CCCCC1NS(=O)(=O)c1cccc(C#CCO)c1. The van der Waals surface area contributed by atoms with Crippen LogP contribution in [-0.4, -0.2) is 26.2 Å². The molecule has 1 aromatic rings. The predicted molar refractivity (Wildman–Crippen MR) is 82.1 cm³/mol. The minimum absolute atomic E-state index is 0.0101. The lowest BCUT2D eigenvalue weighted by Crippen LogP contribution is -2.40. The van der Waals surface area contributed by atoms with E-state index in [1.807, 2.05) is 0 Å². The van der Waals surface area contributed by atoms with Crippen molar-refractivity contribution >= 4 is 10.0 Å². The summed E-state index contributed by atoms with van der Waals surface area (Å²) >= 11 is 0. The van der Waals surface area contributed by atoms with Crippen molar-refractivity contribution in [2.24, 2.45) is 5.92 Å². The lowest BCUT2D eigenvalue weighted by molar-refractivity contribution is 0.310. The molecule has 0 saturated heterocycles. The Kier molecular flexibility index (Phi) is 5.40. The normalized spacial score (nSPS) is 22.4. The maximum Gasteiger partial charge on any atom is 0.240 e. The first kappa shape index (κ1) is 16.0. The van der Waals surface area contributed by atoms with Gasteiger partial charge in [-0.3, -0.25) is 0 Å². The second kappa shape index (κ2) is 7.08. The number of nitrogens with one attached hydrogen (secondary N) is 1. The number of aliphatic hydroxyl groups excluding tert-OH is 1. The van der Waals surface area contributed by atoms with Gasteiger partial charge >= 0.3 is 0 Å². The van der Waals surface area contributed by atoms with Gasteiger partial charge in [0.15, 0.2) is 0 Å². The van der Waals surface area contributed by atoms with Crippen molar-refractivity contribution in [2.45, 2.75) is 43.5 Å². The largest absolute Gasteiger partial charge is 0.384 e. The molecule has 1 aromatic carbocycles. The van der Waals surface area contributed by atoms with E-state index in [2.05, 4.69) is 23.5 Å². The second-order valence-corrected chi connectivity index (χ2v) is 7.19. The summed E-state index contributed by atoms with van der Waals surface area (Å²) in [6.45, 7) is 1.85. The molecular formula is C16H21NO3S. The summed E-state index contributed by atoms with van der Waals surface area (Å²) in [4.78, 5) is 0.227. The maximum absolute atomic E-state index is 12.5. The number of rotatable bonds is 3. The van der Waals surface area contributed by atoms with Gasteiger partial charge in [0.2, 0.25) is 10.0 Å². The molecule has 0 bridgehead atoms. The highest BCUT2D eigenvalue weighted by Crippen LogP contribution is 2.25. The lowest BCUT2D eigenvalue weighted by atomic mass is 9.87.